The molecule has 0 bridgehead atoms. The van der Waals surface area contributed by atoms with E-state index in [0.29, 0.717) is 35.4 Å². The van der Waals surface area contributed by atoms with Crippen LogP contribution in [0.25, 0.3) is 0 Å². The van der Waals surface area contributed by atoms with E-state index in [1.165, 1.54) is 0 Å². The Morgan fingerprint density at radius 2 is 1.96 bits per heavy atom. The van der Waals surface area contributed by atoms with E-state index in [-0.39, 0.29) is 0 Å². The van der Waals surface area contributed by atoms with Gasteiger partial charge in [-0.15, -0.1) is 0 Å². The number of aromatic nitrogens is 2. The summed E-state index contributed by atoms with van der Waals surface area (Å²) in [6.45, 7) is 7.97. The third kappa shape index (κ3) is 3.17. The Bertz CT molecular complexity index is 665. The number of nitrogens with zero attached hydrogens (tertiary/aromatic N) is 4. The molecule has 130 valence electrons. The summed E-state index contributed by atoms with van der Waals surface area (Å²) in [5, 5.41) is 4.26. The van der Waals surface area contributed by atoms with Crippen molar-refractivity contribution < 1.29 is 13.2 Å². The van der Waals surface area contributed by atoms with E-state index >= 15 is 0 Å². The first-order chi connectivity index (χ1) is 10.9. The number of aryl methyl sites for hydroxylation is 2. The van der Waals surface area contributed by atoms with Gasteiger partial charge < -0.3 is 4.74 Å². The van der Waals surface area contributed by atoms with E-state index in [1.54, 1.807) is 23.0 Å². The Hall–Kier alpha value is -0.960. The summed E-state index contributed by atoms with van der Waals surface area (Å²) in [7, 11) is -1.70. The van der Waals surface area contributed by atoms with Gasteiger partial charge in [0.25, 0.3) is 0 Å². The van der Waals surface area contributed by atoms with Gasteiger partial charge in [-0.25, -0.2) is 8.42 Å². The Morgan fingerprint density at radius 3 is 2.57 bits per heavy atom. The minimum atomic E-state index is -3.48. The molecule has 0 N–H and O–H groups in total. The number of rotatable bonds is 3. The summed E-state index contributed by atoms with van der Waals surface area (Å²) < 4.78 is 34.8. The van der Waals surface area contributed by atoms with Crippen LogP contribution in [0.2, 0.25) is 0 Å². The van der Waals surface area contributed by atoms with Gasteiger partial charge in [0.05, 0.1) is 18.0 Å². The summed E-state index contributed by atoms with van der Waals surface area (Å²) >= 11 is 0. The van der Waals surface area contributed by atoms with Crippen molar-refractivity contribution in [2.45, 2.75) is 37.6 Å². The van der Waals surface area contributed by atoms with Crippen molar-refractivity contribution in [3.05, 3.63) is 11.4 Å². The molecule has 1 aromatic rings. The fourth-order valence-electron chi connectivity index (χ4n) is 3.59. The van der Waals surface area contributed by atoms with Gasteiger partial charge >= 0.3 is 0 Å². The summed E-state index contributed by atoms with van der Waals surface area (Å²) in [6.07, 6.45) is 1.90. The third-order valence-corrected chi connectivity index (χ3v) is 7.10. The summed E-state index contributed by atoms with van der Waals surface area (Å²) in [4.78, 5) is 2.75. The number of hydrogen-bond acceptors (Lipinski definition) is 5. The van der Waals surface area contributed by atoms with Crippen molar-refractivity contribution in [2.24, 2.45) is 7.05 Å². The third-order valence-electron chi connectivity index (χ3n) is 4.95. The maximum absolute atomic E-state index is 13.1. The van der Waals surface area contributed by atoms with Crippen molar-refractivity contribution >= 4 is 10.0 Å². The molecule has 3 rings (SSSR count). The molecular weight excluding hydrogens is 316 g/mol. The predicted molar refractivity (Wildman–Crippen MR) is 86.9 cm³/mol. The zero-order valence-corrected chi connectivity index (χ0v) is 15.0. The predicted octanol–water partition coefficient (Wildman–Crippen LogP) is 0.522. The molecule has 0 radical (unpaired) electrons. The molecule has 2 aliphatic rings. The van der Waals surface area contributed by atoms with Gasteiger partial charge in [0.1, 0.15) is 4.90 Å². The summed E-state index contributed by atoms with van der Waals surface area (Å²) in [6, 6.07) is 0.444. The van der Waals surface area contributed by atoms with E-state index in [1.807, 2.05) is 6.92 Å². The average molecular weight is 342 g/mol. The second kappa shape index (κ2) is 6.51. The second-order valence-corrected chi connectivity index (χ2v) is 8.31. The van der Waals surface area contributed by atoms with Crippen LogP contribution in [0.15, 0.2) is 4.90 Å². The van der Waals surface area contributed by atoms with E-state index in [9.17, 15) is 8.42 Å². The Balaban J connectivity index is 1.78. The number of sulfonamides is 1. The molecule has 0 amide bonds. The molecule has 2 aliphatic heterocycles. The standard InChI is InChI=1S/C15H26N4O3S/c1-12-15(13(2)17(3)16-12)23(20,21)19-7-4-6-18(8-9-19)14-5-10-22-11-14/h14H,4-11H2,1-3H3. The molecule has 2 saturated heterocycles. The number of hydrogen-bond donors (Lipinski definition) is 0. The van der Waals surface area contributed by atoms with Crippen LogP contribution in [-0.2, 0) is 21.8 Å². The van der Waals surface area contributed by atoms with Crippen LogP contribution in [-0.4, -0.2) is 72.8 Å². The molecule has 0 aromatic carbocycles. The van der Waals surface area contributed by atoms with E-state index in [0.717, 1.165) is 39.1 Å². The SMILES string of the molecule is Cc1nn(C)c(C)c1S(=O)(=O)N1CCCN(C2CCOC2)CC1. The van der Waals surface area contributed by atoms with E-state index in [4.69, 9.17) is 4.74 Å². The Labute approximate surface area is 138 Å². The lowest BCUT2D eigenvalue weighted by Crippen LogP contribution is -2.40. The van der Waals surface area contributed by atoms with Crippen LogP contribution in [0, 0.1) is 13.8 Å². The molecule has 1 unspecified atom stereocenters. The molecule has 0 saturated carbocycles. The highest BCUT2D eigenvalue weighted by atomic mass is 32.2. The van der Waals surface area contributed by atoms with Gasteiger partial charge in [0.15, 0.2) is 0 Å². The molecular formula is C15H26N4O3S. The van der Waals surface area contributed by atoms with Crippen LogP contribution in [0.4, 0.5) is 0 Å². The average Bonchev–Trinajstić information content (AvgIpc) is 3.01. The lowest BCUT2D eigenvalue weighted by molar-refractivity contribution is 0.147. The highest BCUT2D eigenvalue weighted by Crippen LogP contribution is 2.24. The summed E-state index contributed by atoms with van der Waals surface area (Å²) in [5.41, 5.74) is 1.28. The lowest BCUT2D eigenvalue weighted by atomic mass is 10.2. The van der Waals surface area contributed by atoms with Gasteiger partial charge in [0.2, 0.25) is 10.0 Å². The van der Waals surface area contributed by atoms with Crippen LogP contribution < -0.4 is 0 Å². The maximum atomic E-state index is 13.1. The minimum Gasteiger partial charge on any atom is -0.380 e. The molecule has 0 aliphatic carbocycles. The second-order valence-electron chi connectivity index (χ2n) is 6.43. The van der Waals surface area contributed by atoms with Crippen LogP contribution in [0.1, 0.15) is 24.2 Å². The molecule has 3 heterocycles. The molecule has 1 aromatic heterocycles. The fraction of sp³-hybridized carbons (Fsp3) is 0.800. The Kier molecular flexibility index (Phi) is 4.78. The first-order valence-corrected chi connectivity index (χ1v) is 9.67. The van der Waals surface area contributed by atoms with E-state index in [2.05, 4.69) is 10.00 Å². The molecule has 7 nitrogen and oxygen atoms in total. The first kappa shape index (κ1) is 16.9. The zero-order valence-electron chi connectivity index (χ0n) is 14.2. The first-order valence-electron chi connectivity index (χ1n) is 8.23. The monoisotopic (exact) mass is 342 g/mol. The smallest absolute Gasteiger partial charge is 0.246 e. The topological polar surface area (TPSA) is 67.7 Å². The largest absolute Gasteiger partial charge is 0.380 e. The zero-order chi connectivity index (χ0) is 16.6. The van der Waals surface area contributed by atoms with Gasteiger partial charge in [-0.1, -0.05) is 0 Å². The molecule has 0 spiro atoms. The molecule has 8 heteroatoms. The van der Waals surface area contributed by atoms with Gasteiger partial charge in [-0.05, 0) is 33.2 Å². The fourth-order valence-corrected chi connectivity index (χ4v) is 5.46. The van der Waals surface area contributed by atoms with Crippen molar-refractivity contribution in [3.8, 4) is 0 Å². The molecule has 1 atom stereocenters. The van der Waals surface area contributed by atoms with Crippen LogP contribution in [0.3, 0.4) is 0 Å². The normalized spacial score (nSPS) is 24.9. The minimum absolute atomic E-state index is 0.373. The van der Waals surface area contributed by atoms with Crippen molar-refractivity contribution in [3.63, 3.8) is 0 Å². The highest BCUT2D eigenvalue weighted by Gasteiger charge is 2.33. The highest BCUT2D eigenvalue weighted by molar-refractivity contribution is 7.89. The molecule has 2 fully saturated rings. The van der Waals surface area contributed by atoms with Crippen LogP contribution >= 0.6 is 0 Å². The molecule has 23 heavy (non-hydrogen) atoms. The van der Waals surface area contributed by atoms with E-state index < -0.39 is 10.0 Å². The summed E-state index contributed by atoms with van der Waals surface area (Å²) in [5.74, 6) is 0. The van der Waals surface area contributed by atoms with Crippen molar-refractivity contribution in [1.29, 1.82) is 0 Å². The van der Waals surface area contributed by atoms with Crippen LogP contribution in [0.5, 0.6) is 0 Å². The van der Waals surface area contributed by atoms with Gasteiger partial charge in [0, 0.05) is 39.3 Å². The van der Waals surface area contributed by atoms with Crippen molar-refractivity contribution in [1.82, 2.24) is 19.0 Å². The van der Waals surface area contributed by atoms with Gasteiger partial charge in [-0.3, -0.25) is 9.58 Å². The Morgan fingerprint density at radius 1 is 1.17 bits per heavy atom. The van der Waals surface area contributed by atoms with Crippen molar-refractivity contribution in [2.75, 3.05) is 39.4 Å². The number of ether oxygens (including phenoxy) is 1. The van der Waals surface area contributed by atoms with Gasteiger partial charge in [-0.2, -0.15) is 9.40 Å². The lowest BCUT2D eigenvalue weighted by Gasteiger charge is -2.26. The maximum Gasteiger partial charge on any atom is 0.246 e. The quantitative estimate of drug-likeness (QED) is 0.801.